The van der Waals surface area contributed by atoms with Gasteiger partial charge in [-0.15, -0.1) is 0 Å². The van der Waals surface area contributed by atoms with Crippen molar-refractivity contribution in [2.24, 2.45) is 0 Å². The van der Waals surface area contributed by atoms with Crippen LogP contribution in [0.25, 0.3) is 16.7 Å². The number of anilines is 1. The van der Waals surface area contributed by atoms with E-state index in [-0.39, 0.29) is 23.5 Å². The number of carbonyl (C=O) groups is 2. The third-order valence-corrected chi connectivity index (χ3v) is 5.75. The van der Waals surface area contributed by atoms with E-state index in [2.05, 4.69) is 9.88 Å². The lowest BCUT2D eigenvalue weighted by atomic mass is 10.0. The zero-order chi connectivity index (χ0) is 23.9. The SMILES string of the molecule is CC(C)c1nn(-c2ccc(F)cc2)c2nc(C(=O)O)cc(N3CCN(C(=O)N(C)C)CC3)c12. The number of benzene rings is 1. The highest BCUT2D eigenvalue weighted by molar-refractivity contribution is 5.98. The van der Waals surface area contributed by atoms with Crippen LogP contribution in [0.15, 0.2) is 30.3 Å². The number of halogens is 1. The molecule has 1 aliphatic heterocycles. The first-order chi connectivity index (χ1) is 15.7. The fourth-order valence-corrected chi connectivity index (χ4v) is 4.07. The molecule has 0 bridgehead atoms. The maximum absolute atomic E-state index is 13.5. The predicted octanol–water partition coefficient (Wildman–Crippen LogP) is 3.18. The van der Waals surface area contributed by atoms with Gasteiger partial charge in [-0.05, 0) is 36.2 Å². The van der Waals surface area contributed by atoms with E-state index in [1.165, 1.54) is 12.1 Å². The van der Waals surface area contributed by atoms with E-state index in [1.54, 1.807) is 46.8 Å². The molecule has 1 saturated heterocycles. The van der Waals surface area contributed by atoms with Gasteiger partial charge in [-0.3, -0.25) is 0 Å². The molecule has 0 radical (unpaired) electrons. The fourth-order valence-electron chi connectivity index (χ4n) is 4.07. The van der Waals surface area contributed by atoms with Crippen LogP contribution in [0.3, 0.4) is 0 Å². The van der Waals surface area contributed by atoms with Crippen LogP contribution in [0.2, 0.25) is 0 Å². The molecule has 33 heavy (non-hydrogen) atoms. The van der Waals surface area contributed by atoms with Crippen molar-refractivity contribution in [3.8, 4) is 5.69 Å². The molecule has 1 aliphatic rings. The highest BCUT2D eigenvalue weighted by Gasteiger charge is 2.28. The molecule has 2 aromatic heterocycles. The number of hydrogen-bond acceptors (Lipinski definition) is 5. The monoisotopic (exact) mass is 454 g/mol. The van der Waals surface area contributed by atoms with Gasteiger partial charge in [-0.2, -0.15) is 5.10 Å². The number of carbonyl (C=O) groups excluding carboxylic acids is 1. The first-order valence-electron chi connectivity index (χ1n) is 10.8. The molecule has 9 nitrogen and oxygen atoms in total. The van der Waals surface area contributed by atoms with E-state index in [9.17, 15) is 19.1 Å². The lowest BCUT2D eigenvalue weighted by Gasteiger charge is -2.37. The summed E-state index contributed by atoms with van der Waals surface area (Å²) >= 11 is 0. The van der Waals surface area contributed by atoms with Gasteiger partial charge in [0.1, 0.15) is 5.82 Å². The normalized spacial score (nSPS) is 14.2. The number of hydrogen-bond donors (Lipinski definition) is 1. The average molecular weight is 455 g/mol. The van der Waals surface area contributed by atoms with Gasteiger partial charge in [-0.25, -0.2) is 23.6 Å². The lowest BCUT2D eigenvalue weighted by molar-refractivity contribution is 0.0691. The van der Waals surface area contributed by atoms with Crippen molar-refractivity contribution in [1.29, 1.82) is 0 Å². The van der Waals surface area contributed by atoms with Crippen molar-refractivity contribution < 1.29 is 19.1 Å². The van der Waals surface area contributed by atoms with E-state index in [0.29, 0.717) is 37.5 Å². The summed E-state index contributed by atoms with van der Waals surface area (Å²) in [5.74, 6) is -1.47. The third kappa shape index (κ3) is 4.20. The molecular formula is C23H27FN6O3. The summed E-state index contributed by atoms with van der Waals surface area (Å²) in [6.07, 6.45) is 0. The van der Waals surface area contributed by atoms with Crippen molar-refractivity contribution in [1.82, 2.24) is 24.6 Å². The summed E-state index contributed by atoms with van der Waals surface area (Å²) in [6.45, 7) is 6.17. The number of aromatic nitrogens is 3. The fraction of sp³-hybridized carbons (Fsp3) is 0.391. The zero-order valence-corrected chi connectivity index (χ0v) is 19.1. The Morgan fingerprint density at radius 3 is 2.27 bits per heavy atom. The first kappa shape index (κ1) is 22.5. The summed E-state index contributed by atoms with van der Waals surface area (Å²) in [7, 11) is 3.44. The van der Waals surface area contributed by atoms with Gasteiger partial charge in [0, 0.05) is 40.3 Å². The number of aromatic carboxylic acids is 1. The third-order valence-electron chi connectivity index (χ3n) is 5.75. The Kier molecular flexibility index (Phi) is 5.92. The average Bonchev–Trinajstić information content (AvgIpc) is 3.18. The van der Waals surface area contributed by atoms with Gasteiger partial charge in [0.05, 0.1) is 22.5 Å². The number of urea groups is 1. The highest BCUT2D eigenvalue weighted by Crippen LogP contribution is 2.35. The Balaban J connectivity index is 1.85. The van der Waals surface area contributed by atoms with Crippen LogP contribution >= 0.6 is 0 Å². The standard InChI is InChI=1S/C23H27FN6O3/c1-14(2)20-19-18(28-9-11-29(12-10-28)23(33)27(3)4)13-17(22(31)32)25-21(19)30(26-20)16-7-5-15(24)6-8-16/h5-8,13-14H,9-12H2,1-4H3,(H,31,32). The maximum atomic E-state index is 13.5. The van der Waals surface area contributed by atoms with Crippen molar-refractivity contribution in [2.45, 2.75) is 19.8 Å². The van der Waals surface area contributed by atoms with Gasteiger partial charge in [-0.1, -0.05) is 13.8 Å². The van der Waals surface area contributed by atoms with E-state index >= 15 is 0 Å². The molecule has 2 amide bonds. The minimum Gasteiger partial charge on any atom is -0.477 e. The predicted molar refractivity (Wildman–Crippen MR) is 123 cm³/mol. The van der Waals surface area contributed by atoms with E-state index in [0.717, 1.165) is 16.8 Å². The van der Waals surface area contributed by atoms with Gasteiger partial charge < -0.3 is 19.8 Å². The second-order valence-corrected chi connectivity index (χ2v) is 8.61. The molecule has 0 saturated carbocycles. The molecule has 0 atom stereocenters. The van der Waals surface area contributed by atoms with Gasteiger partial charge >= 0.3 is 12.0 Å². The lowest BCUT2D eigenvalue weighted by Crippen LogP contribution is -2.51. The summed E-state index contributed by atoms with van der Waals surface area (Å²) in [4.78, 5) is 34.1. The minimum atomic E-state index is -1.14. The molecule has 0 aliphatic carbocycles. The number of carboxylic acid groups (broad SMARTS) is 1. The van der Waals surface area contributed by atoms with Crippen LogP contribution in [0.4, 0.5) is 14.9 Å². The zero-order valence-electron chi connectivity index (χ0n) is 19.1. The summed E-state index contributed by atoms with van der Waals surface area (Å²) in [5.41, 5.74) is 2.41. The molecule has 3 heterocycles. The van der Waals surface area contributed by atoms with Crippen molar-refractivity contribution >= 4 is 28.7 Å². The van der Waals surface area contributed by atoms with E-state index in [4.69, 9.17) is 5.10 Å². The van der Waals surface area contributed by atoms with Crippen molar-refractivity contribution in [2.75, 3.05) is 45.2 Å². The van der Waals surface area contributed by atoms with Crippen LogP contribution in [0, 0.1) is 5.82 Å². The molecule has 4 rings (SSSR count). The quantitative estimate of drug-likeness (QED) is 0.651. The van der Waals surface area contributed by atoms with Crippen molar-refractivity contribution in [3.05, 3.63) is 47.5 Å². The molecule has 1 aromatic carbocycles. The van der Waals surface area contributed by atoms with Crippen LogP contribution in [0.5, 0.6) is 0 Å². The molecular weight excluding hydrogens is 427 g/mol. The van der Waals surface area contributed by atoms with Gasteiger partial charge in [0.2, 0.25) is 0 Å². The van der Waals surface area contributed by atoms with Crippen LogP contribution in [0.1, 0.15) is 35.9 Å². The summed E-state index contributed by atoms with van der Waals surface area (Å²) in [5, 5.41) is 15.3. The number of carboxylic acids is 1. The molecule has 0 spiro atoms. The summed E-state index contributed by atoms with van der Waals surface area (Å²) < 4.78 is 15.1. The van der Waals surface area contributed by atoms with E-state index in [1.807, 2.05) is 13.8 Å². The smallest absolute Gasteiger partial charge is 0.354 e. The molecule has 1 fully saturated rings. The Bertz CT molecular complexity index is 1200. The van der Waals surface area contributed by atoms with Crippen LogP contribution < -0.4 is 4.90 Å². The Hall–Kier alpha value is -3.69. The Morgan fingerprint density at radius 1 is 1.09 bits per heavy atom. The molecule has 174 valence electrons. The largest absolute Gasteiger partial charge is 0.477 e. The van der Waals surface area contributed by atoms with Crippen LogP contribution in [-0.2, 0) is 0 Å². The topological polar surface area (TPSA) is 94.8 Å². The second kappa shape index (κ2) is 8.68. The molecule has 0 unspecified atom stereocenters. The number of amides is 2. The highest BCUT2D eigenvalue weighted by atomic mass is 19.1. The minimum absolute atomic E-state index is 0.0436. The number of fused-ring (bicyclic) bond motifs is 1. The number of pyridine rings is 1. The van der Waals surface area contributed by atoms with Crippen LogP contribution in [-0.4, -0.2) is 81.9 Å². The Labute approximate surface area is 191 Å². The van der Waals surface area contributed by atoms with E-state index < -0.39 is 5.97 Å². The van der Waals surface area contributed by atoms with Crippen molar-refractivity contribution in [3.63, 3.8) is 0 Å². The first-order valence-corrected chi connectivity index (χ1v) is 10.8. The second-order valence-electron chi connectivity index (χ2n) is 8.61. The molecule has 3 aromatic rings. The summed E-state index contributed by atoms with van der Waals surface area (Å²) in [6, 6.07) is 7.38. The Morgan fingerprint density at radius 2 is 1.73 bits per heavy atom. The number of nitrogens with zero attached hydrogens (tertiary/aromatic N) is 6. The maximum Gasteiger partial charge on any atom is 0.354 e. The number of piperazine rings is 1. The van der Waals surface area contributed by atoms with Gasteiger partial charge in [0.15, 0.2) is 11.3 Å². The van der Waals surface area contributed by atoms with Gasteiger partial charge in [0.25, 0.3) is 0 Å². The molecule has 10 heteroatoms. The number of rotatable bonds is 4. The molecule has 1 N–H and O–H groups in total.